The number of rotatable bonds is 6. The van der Waals surface area contributed by atoms with E-state index in [4.69, 9.17) is 14.7 Å². The molecule has 0 atom stereocenters. The summed E-state index contributed by atoms with van der Waals surface area (Å²) in [6.45, 7) is 2.92. The Kier molecular flexibility index (Phi) is 4.84. The Bertz CT molecular complexity index is 1320. The molecule has 2 aliphatic rings. The van der Waals surface area contributed by atoms with Crippen LogP contribution in [0.4, 0.5) is 17.5 Å². The maximum Gasteiger partial charge on any atom is 0.271 e. The van der Waals surface area contributed by atoms with Gasteiger partial charge in [0, 0.05) is 41.7 Å². The second-order valence-corrected chi connectivity index (χ2v) is 9.03. The Morgan fingerprint density at radius 2 is 1.94 bits per heavy atom. The van der Waals surface area contributed by atoms with E-state index in [0.717, 1.165) is 35.1 Å². The molecular weight excluding hydrogens is 428 g/mol. The molecule has 1 saturated carbocycles. The van der Waals surface area contributed by atoms with Crippen molar-refractivity contribution in [3.8, 4) is 0 Å². The van der Waals surface area contributed by atoms with Crippen molar-refractivity contribution in [3.05, 3.63) is 46.4 Å². The molecule has 1 aliphatic carbocycles. The number of aromatic amines is 3. The van der Waals surface area contributed by atoms with Crippen LogP contribution in [0.25, 0.3) is 10.9 Å². The van der Waals surface area contributed by atoms with Crippen molar-refractivity contribution in [1.82, 2.24) is 30.4 Å². The molecule has 4 aromatic rings. The van der Waals surface area contributed by atoms with Crippen molar-refractivity contribution in [1.29, 1.82) is 0 Å². The van der Waals surface area contributed by atoms with Gasteiger partial charge in [0.1, 0.15) is 11.6 Å². The molecule has 164 valence electrons. The van der Waals surface area contributed by atoms with Crippen LogP contribution in [0.1, 0.15) is 24.5 Å². The van der Waals surface area contributed by atoms with Gasteiger partial charge in [0.15, 0.2) is 11.0 Å². The molecule has 1 saturated heterocycles. The van der Waals surface area contributed by atoms with Gasteiger partial charge in [0.05, 0.1) is 24.1 Å². The van der Waals surface area contributed by atoms with Gasteiger partial charge in [-0.1, -0.05) is 0 Å². The molecule has 32 heavy (non-hydrogen) atoms. The van der Waals surface area contributed by atoms with E-state index in [1.807, 2.05) is 18.2 Å². The van der Waals surface area contributed by atoms with Crippen LogP contribution in [-0.2, 0) is 4.74 Å². The highest BCUT2D eigenvalue weighted by molar-refractivity contribution is 7.99. The molecule has 0 radical (unpaired) electrons. The van der Waals surface area contributed by atoms with Crippen molar-refractivity contribution in [2.75, 3.05) is 36.5 Å². The lowest BCUT2D eigenvalue weighted by molar-refractivity contribution is 0.122. The number of aromatic nitrogens is 6. The highest BCUT2D eigenvalue weighted by Gasteiger charge is 2.25. The van der Waals surface area contributed by atoms with Gasteiger partial charge in [-0.15, -0.1) is 0 Å². The Morgan fingerprint density at radius 3 is 2.78 bits per heavy atom. The predicted molar refractivity (Wildman–Crippen MR) is 122 cm³/mol. The lowest BCUT2D eigenvalue weighted by Crippen LogP contribution is -2.36. The highest BCUT2D eigenvalue weighted by atomic mass is 32.2. The van der Waals surface area contributed by atoms with Crippen LogP contribution < -0.4 is 15.8 Å². The lowest BCUT2D eigenvalue weighted by Gasteiger charge is -2.28. The lowest BCUT2D eigenvalue weighted by atomic mass is 10.2. The van der Waals surface area contributed by atoms with Gasteiger partial charge in [-0.2, -0.15) is 5.10 Å². The first-order chi connectivity index (χ1) is 15.7. The van der Waals surface area contributed by atoms with E-state index in [-0.39, 0.29) is 5.56 Å². The van der Waals surface area contributed by atoms with Gasteiger partial charge in [-0.05, 0) is 42.8 Å². The van der Waals surface area contributed by atoms with Gasteiger partial charge in [-0.25, -0.2) is 9.97 Å². The summed E-state index contributed by atoms with van der Waals surface area (Å²) in [5, 5.41) is 17.6. The van der Waals surface area contributed by atoms with Crippen LogP contribution in [-0.4, -0.2) is 56.7 Å². The number of morpholine rings is 1. The molecule has 0 bridgehead atoms. The topological polar surface area (TPSA) is 128 Å². The summed E-state index contributed by atoms with van der Waals surface area (Å²) < 4.78 is 5.49. The molecule has 2 fully saturated rings. The number of nitrogens with one attached hydrogen (secondary N) is 4. The third-order valence-corrected chi connectivity index (χ3v) is 6.51. The van der Waals surface area contributed by atoms with Crippen molar-refractivity contribution in [2.24, 2.45) is 0 Å². The van der Waals surface area contributed by atoms with Crippen molar-refractivity contribution in [2.45, 2.75) is 28.8 Å². The van der Waals surface area contributed by atoms with Crippen LogP contribution in [0.5, 0.6) is 0 Å². The standard InChI is InChI=1S/C21H22N8O2S/c30-20-14-4-3-13(9-16(14)26-28-20)32-21-23-17(11-19(24-21)29-5-7-31-8-6-29)22-18-10-15(25-27-18)12-1-2-12/h3-4,9-12H,1-2,5-8H2,(H2,26,28,30)(H2,22,23,24,25,27). The average molecular weight is 451 g/mol. The molecule has 4 N–H and O–H groups in total. The maximum absolute atomic E-state index is 11.8. The predicted octanol–water partition coefficient (Wildman–Crippen LogP) is 2.98. The molecule has 1 aromatic carbocycles. The van der Waals surface area contributed by atoms with Crippen LogP contribution in [0.3, 0.4) is 0 Å². The first-order valence-corrected chi connectivity index (χ1v) is 11.5. The fraction of sp³-hybridized carbons (Fsp3) is 0.333. The number of anilines is 3. The third-order valence-electron chi connectivity index (χ3n) is 5.65. The second kappa shape index (κ2) is 7.99. The smallest absolute Gasteiger partial charge is 0.271 e. The zero-order valence-corrected chi connectivity index (χ0v) is 18.0. The molecule has 11 heteroatoms. The molecule has 0 amide bonds. The van der Waals surface area contributed by atoms with Gasteiger partial charge in [-0.3, -0.25) is 20.1 Å². The van der Waals surface area contributed by atoms with Gasteiger partial charge in [0.2, 0.25) is 0 Å². The fourth-order valence-corrected chi connectivity index (χ4v) is 4.60. The van der Waals surface area contributed by atoms with Gasteiger partial charge < -0.3 is 15.0 Å². The molecule has 4 heterocycles. The SMILES string of the molecule is O=c1[nH][nH]c2cc(Sc3nc(Nc4cc(C5CC5)[nH]n4)cc(N4CCOCC4)n3)ccc12. The zero-order valence-electron chi connectivity index (χ0n) is 17.2. The molecular formula is C21H22N8O2S. The number of ether oxygens (including phenoxy) is 1. The van der Waals surface area contributed by atoms with Crippen LogP contribution in [0.15, 0.2) is 45.2 Å². The van der Waals surface area contributed by atoms with Crippen molar-refractivity contribution >= 4 is 40.1 Å². The molecule has 10 nitrogen and oxygen atoms in total. The number of H-pyrrole nitrogens is 3. The summed E-state index contributed by atoms with van der Waals surface area (Å²) >= 11 is 1.45. The van der Waals surface area contributed by atoms with Crippen LogP contribution >= 0.6 is 11.8 Å². The molecule has 0 unspecified atom stereocenters. The van der Waals surface area contributed by atoms with E-state index in [2.05, 4.69) is 36.7 Å². The summed E-state index contributed by atoms with van der Waals surface area (Å²) in [7, 11) is 0. The minimum Gasteiger partial charge on any atom is -0.378 e. The Morgan fingerprint density at radius 1 is 1.06 bits per heavy atom. The highest BCUT2D eigenvalue weighted by Crippen LogP contribution is 2.39. The monoisotopic (exact) mass is 450 g/mol. The van der Waals surface area contributed by atoms with E-state index in [1.165, 1.54) is 30.3 Å². The number of fused-ring (bicyclic) bond motifs is 1. The third kappa shape index (κ3) is 3.96. The summed E-state index contributed by atoms with van der Waals surface area (Å²) in [4.78, 5) is 24.4. The van der Waals surface area contributed by atoms with E-state index in [9.17, 15) is 4.79 Å². The Balaban J connectivity index is 1.31. The molecule has 0 spiro atoms. The number of hydrogen-bond donors (Lipinski definition) is 4. The van der Waals surface area contributed by atoms with Crippen molar-refractivity contribution in [3.63, 3.8) is 0 Å². The number of nitrogens with zero attached hydrogens (tertiary/aromatic N) is 4. The van der Waals surface area contributed by atoms with Crippen LogP contribution in [0, 0.1) is 0 Å². The molecule has 6 rings (SSSR count). The Hall–Kier alpha value is -3.31. The summed E-state index contributed by atoms with van der Waals surface area (Å²) in [5.74, 6) is 2.89. The van der Waals surface area contributed by atoms with Crippen LogP contribution in [0.2, 0.25) is 0 Å². The van der Waals surface area contributed by atoms with E-state index in [1.54, 1.807) is 6.07 Å². The quantitative estimate of drug-likeness (QED) is 0.330. The van der Waals surface area contributed by atoms with Gasteiger partial charge in [0.25, 0.3) is 5.56 Å². The average Bonchev–Trinajstić information content (AvgIpc) is 3.46. The molecule has 1 aliphatic heterocycles. The minimum absolute atomic E-state index is 0.127. The van der Waals surface area contributed by atoms with E-state index < -0.39 is 0 Å². The molecule has 3 aromatic heterocycles. The number of benzene rings is 1. The maximum atomic E-state index is 11.8. The summed E-state index contributed by atoms with van der Waals surface area (Å²) in [5.41, 5.74) is 1.79. The fourth-order valence-electron chi connectivity index (χ4n) is 3.80. The first-order valence-electron chi connectivity index (χ1n) is 10.6. The second-order valence-electron chi connectivity index (χ2n) is 7.99. The zero-order chi connectivity index (χ0) is 21.5. The normalized spacial score (nSPS) is 16.6. The Labute approximate surface area is 187 Å². The van der Waals surface area contributed by atoms with Crippen molar-refractivity contribution < 1.29 is 4.74 Å². The van der Waals surface area contributed by atoms with E-state index >= 15 is 0 Å². The first kappa shape index (κ1) is 19.4. The van der Waals surface area contributed by atoms with E-state index in [0.29, 0.717) is 35.5 Å². The summed E-state index contributed by atoms with van der Waals surface area (Å²) in [6, 6.07) is 9.64. The minimum atomic E-state index is -0.127. The summed E-state index contributed by atoms with van der Waals surface area (Å²) in [6.07, 6.45) is 2.43. The van der Waals surface area contributed by atoms with Gasteiger partial charge >= 0.3 is 0 Å². The largest absolute Gasteiger partial charge is 0.378 e. The number of hydrogen-bond acceptors (Lipinski definition) is 8.